The molecule has 0 amide bonds. The SMILES string of the molecule is CCCCCCCCCC(CC(=O)OCCN1CCOCC1)C(CO)OCCN(CCCOC)CCOCCO. The van der Waals surface area contributed by atoms with Gasteiger partial charge < -0.3 is 33.9 Å². The number of aliphatic hydroxyl groups is 2. The van der Waals surface area contributed by atoms with Gasteiger partial charge in [-0.2, -0.15) is 0 Å². The average molecular weight is 577 g/mol. The highest BCUT2D eigenvalue weighted by atomic mass is 16.5. The number of unbranched alkanes of at least 4 members (excludes halogenated alkanes) is 6. The highest BCUT2D eigenvalue weighted by Crippen LogP contribution is 2.22. The molecule has 2 N–H and O–H groups in total. The van der Waals surface area contributed by atoms with Crippen molar-refractivity contribution in [3.63, 3.8) is 0 Å². The first-order valence-corrected chi connectivity index (χ1v) is 15.7. The molecule has 0 aromatic carbocycles. The molecule has 1 saturated heterocycles. The van der Waals surface area contributed by atoms with E-state index in [2.05, 4.69) is 16.7 Å². The van der Waals surface area contributed by atoms with E-state index in [9.17, 15) is 9.90 Å². The third kappa shape index (κ3) is 20.1. The summed E-state index contributed by atoms with van der Waals surface area (Å²) in [6, 6.07) is 0. The molecule has 0 aliphatic carbocycles. The molecule has 0 spiro atoms. The van der Waals surface area contributed by atoms with Crippen LogP contribution in [0.25, 0.3) is 0 Å². The normalized spacial score (nSPS) is 15.9. The van der Waals surface area contributed by atoms with Crippen LogP contribution in [0.5, 0.6) is 0 Å². The van der Waals surface area contributed by atoms with Gasteiger partial charge in [0.15, 0.2) is 0 Å². The number of carbonyl (C=O) groups excluding carboxylic acids is 1. The van der Waals surface area contributed by atoms with E-state index >= 15 is 0 Å². The Morgan fingerprint density at radius 3 is 2.33 bits per heavy atom. The number of esters is 1. The maximum Gasteiger partial charge on any atom is 0.306 e. The lowest BCUT2D eigenvalue weighted by molar-refractivity contribution is -0.147. The highest BCUT2D eigenvalue weighted by molar-refractivity contribution is 5.69. The summed E-state index contributed by atoms with van der Waals surface area (Å²) in [6.45, 7) is 10.7. The van der Waals surface area contributed by atoms with Gasteiger partial charge in [-0.05, 0) is 18.8 Å². The van der Waals surface area contributed by atoms with E-state index in [-0.39, 0.29) is 31.5 Å². The molecular weight excluding hydrogens is 516 g/mol. The number of methoxy groups -OCH3 is 1. The lowest BCUT2D eigenvalue weighted by atomic mass is 9.92. The van der Waals surface area contributed by atoms with E-state index in [1.807, 2.05) is 0 Å². The predicted octanol–water partition coefficient (Wildman–Crippen LogP) is 2.73. The number of hydrogen-bond acceptors (Lipinski definition) is 10. The zero-order valence-electron chi connectivity index (χ0n) is 25.6. The Labute approximate surface area is 243 Å². The number of rotatable bonds is 28. The van der Waals surface area contributed by atoms with Crippen LogP contribution in [0.2, 0.25) is 0 Å². The fraction of sp³-hybridized carbons (Fsp3) is 0.967. The Bertz CT molecular complexity index is 566. The molecule has 0 aromatic heterocycles. The lowest BCUT2D eigenvalue weighted by Gasteiger charge is -2.28. The summed E-state index contributed by atoms with van der Waals surface area (Å²) in [4.78, 5) is 17.3. The van der Waals surface area contributed by atoms with E-state index < -0.39 is 6.10 Å². The van der Waals surface area contributed by atoms with Crippen molar-refractivity contribution in [3.05, 3.63) is 0 Å². The minimum absolute atomic E-state index is 0.0146. The van der Waals surface area contributed by atoms with Crippen molar-refractivity contribution in [1.29, 1.82) is 0 Å². The fourth-order valence-corrected chi connectivity index (χ4v) is 4.97. The minimum atomic E-state index is -0.404. The van der Waals surface area contributed by atoms with Gasteiger partial charge >= 0.3 is 5.97 Å². The van der Waals surface area contributed by atoms with Crippen molar-refractivity contribution in [3.8, 4) is 0 Å². The minimum Gasteiger partial charge on any atom is -0.464 e. The van der Waals surface area contributed by atoms with Crippen molar-refractivity contribution in [2.24, 2.45) is 5.92 Å². The third-order valence-electron chi connectivity index (χ3n) is 7.44. The Balaban J connectivity index is 2.57. The van der Waals surface area contributed by atoms with Gasteiger partial charge in [-0.3, -0.25) is 14.6 Å². The summed E-state index contributed by atoms with van der Waals surface area (Å²) in [5, 5.41) is 19.2. The van der Waals surface area contributed by atoms with Gasteiger partial charge in [0.25, 0.3) is 0 Å². The summed E-state index contributed by atoms with van der Waals surface area (Å²) in [6.07, 6.45) is 10.0. The number of nitrogens with zero attached hydrogens (tertiary/aromatic N) is 2. The molecule has 238 valence electrons. The zero-order valence-corrected chi connectivity index (χ0v) is 25.6. The molecule has 10 nitrogen and oxygen atoms in total. The zero-order chi connectivity index (χ0) is 29.1. The van der Waals surface area contributed by atoms with Crippen LogP contribution < -0.4 is 0 Å². The standard InChI is InChI=1S/C30H60N2O8/c1-3-4-5-6-7-8-9-11-28(26-30(35)40-24-17-32-14-20-37-21-15-32)29(27-34)39-23-16-31(12-10-19-36-2)13-22-38-25-18-33/h28-29,33-34H,3-27H2,1-2H3. The van der Waals surface area contributed by atoms with Gasteiger partial charge in [0.2, 0.25) is 0 Å². The van der Waals surface area contributed by atoms with E-state index in [0.717, 1.165) is 71.6 Å². The fourth-order valence-electron chi connectivity index (χ4n) is 4.97. The summed E-state index contributed by atoms with van der Waals surface area (Å²) in [7, 11) is 1.70. The third-order valence-corrected chi connectivity index (χ3v) is 7.44. The number of carbonyl (C=O) groups is 1. The molecule has 10 heteroatoms. The molecule has 0 aromatic rings. The van der Waals surface area contributed by atoms with E-state index in [4.69, 9.17) is 28.8 Å². The van der Waals surface area contributed by atoms with Crippen LogP contribution in [0.15, 0.2) is 0 Å². The second kappa shape index (κ2) is 27.0. The predicted molar refractivity (Wildman–Crippen MR) is 157 cm³/mol. The molecule has 1 aliphatic rings. The molecule has 1 fully saturated rings. The van der Waals surface area contributed by atoms with Gasteiger partial charge in [-0.15, -0.1) is 0 Å². The number of morpholine rings is 1. The van der Waals surface area contributed by atoms with Gasteiger partial charge in [0.05, 0.1) is 58.8 Å². The molecule has 2 atom stereocenters. The van der Waals surface area contributed by atoms with Crippen molar-refractivity contribution >= 4 is 5.97 Å². The van der Waals surface area contributed by atoms with Crippen molar-refractivity contribution in [2.45, 2.75) is 77.2 Å². The summed E-state index contributed by atoms with van der Waals surface area (Å²) in [5.41, 5.74) is 0. The molecule has 1 aliphatic heterocycles. The first-order valence-electron chi connectivity index (χ1n) is 15.7. The maximum atomic E-state index is 12.8. The molecule has 0 radical (unpaired) electrons. The van der Waals surface area contributed by atoms with E-state index in [0.29, 0.717) is 39.6 Å². The number of hydrogen-bond donors (Lipinski definition) is 2. The van der Waals surface area contributed by atoms with Crippen LogP contribution in [0.4, 0.5) is 0 Å². The Kier molecular flexibility index (Phi) is 25.1. The Morgan fingerprint density at radius 2 is 1.62 bits per heavy atom. The van der Waals surface area contributed by atoms with E-state index in [1.165, 1.54) is 32.1 Å². The van der Waals surface area contributed by atoms with Crippen LogP contribution in [0, 0.1) is 5.92 Å². The monoisotopic (exact) mass is 576 g/mol. The summed E-state index contributed by atoms with van der Waals surface area (Å²) in [5.74, 6) is -0.295. The summed E-state index contributed by atoms with van der Waals surface area (Å²) < 4.78 is 27.8. The number of ether oxygens (including phenoxy) is 5. The van der Waals surface area contributed by atoms with Crippen molar-refractivity contribution in [1.82, 2.24) is 9.80 Å². The van der Waals surface area contributed by atoms with Crippen LogP contribution in [0.3, 0.4) is 0 Å². The largest absolute Gasteiger partial charge is 0.464 e. The van der Waals surface area contributed by atoms with E-state index in [1.54, 1.807) is 7.11 Å². The Morgan fingerprint density at radius 1 is 0.900 bits per heavy atom. The maximum absolute atomic E-state index is 12.8. The van der Waals surface area contributed by atoms with Crippen molar-refractivity contribution in [2.75, 3.05) is 106 Å². The van der Waals surface area contributed by atoms with Gasteiger partial charge in [-0.1, -0.05) is 51.9 Å². The molecule has 0 bridgehead atoms. The lowest BCUT2D eigenvalue weighted by Crippen LogP contribution is -2.39. The Hall–Kier alpha value is -0.850. The average Bonchev–Trinajstić information content (AvgIpc) is 2.97. The summed E-state index contributed by atoms with van der Waals surface area (Å²) >= 11 is 0. The first-order chi connectivity index (χ1) is 19.6. The molecular formula is C30H60N2O8. The molecule has 1 rings (SSSR count). The second-order valence-corrected chi connectivity index (χ2v) is 10.7. The molecule has 1 heterocycles. The topological polar surface area (TPSA) is 110 Å². The highest BCUT2D eigenvalue weighted by Gasteiger charge is 2.25. The van der Waals surface area contributed by atoms with Gasteiger partial charge in [0.1, 0.15) is 6.61 Å². The van der Waals surface area contributed by atoms with Crippen LogP contribution >= 0.6 is 0 Å². The second-order valence-electron chi connectivity index (χ2n) is 10.7. The quantitative estimate of drug-likeness (QED) is 0.107. The van der Waals surface area contributed by atoms with Crippen LogP contribution in [-0.4, -0.2) is 138 Å². The van der Waals surface area contributed by atoms with Crippen LogP contribution in [-0.2, 0) is 28.5 Å². The van der Waals surface area contributed by atoms with Crippen LogP contribution in [0.1, 0.15) is 71.1 Å². The smallest absolute Gasteiger partial charge is 0.306 e. The van der Waals surface area contributed by atoms with Gasteiger partial charge in [0, 0.05) is 53.0 Å². The molecule has 2 unspecified atom stereocenters. The molecule has 0 saturated carbocycles. The first kappa shape index (κ1) is 37.2. The van der Waals surface area contributed by atoms with Gasteiger partial charge in [-0.25, -0.2) is 0 Å². The number of aliphatic hydroxyl groups excluding tert-OH is 2. The van der Waals surface area contributed by atoms with Crippen molar-refractivity contribution < 1.29 is 38.7 Å². The molecule has 40 heavy (non-hydrogen) atoms.